The summed E-state index contributed by atoms with van der Waals surface area (Å²) in [7, 11) is 1.60. The van der Waals surface area contributed by atoms with Gasteiger partial charge in [0.1, 0.15) is 12.4 Å². The Labute approximate surface area is 147 Å². The molecule has 5 nitrogen and oxygen atoms in total. The second kappa shape index (κ2) is 7.38. The minimum absolute atomic E-state index is 0.231. The standard InChI is InChI=1S/C20H21NO4/c1-14(16-8-10-18(24-2)11-9-16)19(22)21-17(13-25-20(21)23)12-15-6-4-3-5-7-15/h3-11,14,17H,12-13H2,1-2H3/t14-,17-/m0/s1. The molecule has 0 radical (unpaired) electrons. The zero-order chi connectivity index (χ0) is 17.8. The number of ether oxygens (including phenoxy) is 2. The van der Waals surface area contributed by atoms with Gasteiger partial charge in [0.15, 0.2) is 0 Å². The van der Waals surface area contributed by atoms with Crippen LogP contribution in [0.25, 0.3) is 0 Å². The Bertz CT molecular complexity index is 742. The fourth-order valence-electron chi connectivity index (χ4n) is 3.01. The average Bonchev–Trinajstić information content (AvgIpc) is 3.01. The summed E-state index contributed by atoms with van der Waals surface area (Å²) in [4.78, 5) is 26.3. The molecule has 2 atom stereocenters. The molecular weight excluding hydrogens is 318 g/mol. The summed E-state index contributed by atoms with van der Waals surface area (Å²) in [6, 6.07) is 16.8. The third kappa shape index (κ3) is 3.65. The van der Waals surface area contributed by atoms with Gasteiger partial charge in [-0.3, -0.25) is 4.79 Å². The van der Waals surface area contributed by atoms with Crippen LogP contribution in [0, 0.1) is 0 Å². The van der Waals surface area contributed by atoms with Crippen molar-refractivity contribution in [2.75, 3.05) is 13.7 Å². The molecule has 2 aromatic carbocycles. The summed E-state index contributed by atoms with van der Waals surface area (Å²) in [6.45, 7) is 2.03. The maximum absolute atomic E-state index is 12.9. The van der Waals surface area contributed by atoms with Crippen molar-refractivity contribution in [2.24, 2.45) is 0 Å². The van der Waals surface area contributed by atoms with E-state index in [2.05, 4.69) is 0 Å². The molecule has 130 valence electrons. The number of benzene rings is 2. The van der Waals surface area contributed by atoms with E-state index < -0.39 is 12.0 Å². The molecule has 0 aromatic heterocycles. The highest BCUT2D eigenvalue weighted by atomic mass is 16.6. The lowest BCUT2D eigenvalue weighted by Crippen LogP contribution is -2.42. The van der Waals surface area contributed by atoms with Gasteiger partial charge in [-0.25, -0.2) is 9.69 Å². The third-order valence-corrected chi connectivity index (χ3v) is 4.50. The number of cyclic esters (lactones) is 1. The Hall–Kier alpha value is -2.82. The molecule has 25 heavy (non-hydrogen) atoms. The number of methoxy groups -OCH3 is 1. The number of nitrogens with zero attached hydrogens (tertiary/aromatic N) is 1. The molecule has 1 aliphatic heterocycles. The summed E-state index contributed by atoms with van der Waals surface area (Å²) in [5.41, 5.74) is 1.91. The van der Waals surface area contributed by atoms with Gasteiger partial charge in [0.2, 0.25) is 5.91 Å². The molecular formula is C20H21NO4. The van der Waals surface area contributed by atoms with Crippen LogP contribution in [-0.4, -0.2) is 36.7 Å². The smallest absolute Gasteiger partial charge is 0.417 e. The summed E-state index contributed by atoms with van der Waals surface area (Å²) in [5.74, 6) is 0.0503. The lowest BCUT2D eigenvalue weighted by atomic mass is 9.98. The van der Waals surface area contributed by atoms with Gasteiger partial charge in [-0.15, -0.1) is 0 Å². The molecule has 1 saturated heterocycles. The van der Waals surface area contributed by atoms with Crippen LogP contribution >= 0.6 is 0 Å². The minimum atomic E-state index is -0.564. The van der Waals surface area contributed by atoms with Crippen molar-refractivity contribution in [1.29, 1.82) is 0 Å². The Balaban J connectivity index is 1.76. The number of carbonyl (C=O) groups excluding carboxylic acids is 2. The van der Waals surface area contributed by atoms with Crippen LogP contribution in [0.5, 0.6) is 5.75 Å². The van der Waals surface area contributed by atoms with Gasteiger partial charge >= 0.3 is 6.09 Å². The first kappa shape index (κ1) is 17.0. The highest BCUT2D eigenvalue weighted by Crippen LogP contribution is 2.26. The summed E-state index contributed by atoms with van der Waals surface area (Å²) < 4.78 is 10.3. The molecule has 1 fully saturated rings. The summed E-state index contributed by atoms with van der Waals surface area (Å²) in [5, 5.41) is 0. The molecule has 0 bridgehead atoms. The van der Waals surface area contributed by atoms with Crippen molar-refractivity contribution in [3.8, 4) is 5.75 Å². The first-order chi connectivity index (χ1) is 12.1. The summed E-state index contributed by atoms with van der Waals surface area (Å²) in [6.07, 6.45) is 0.0273. The van der Waals surface area contributed by atoms with Gasteiger partial charge in [0.05, 0.1) is 19.1 Å². The van der Waals surface area contributed by atoms with Crippen LogP contribution in [0.15, 0.2) is 54.6 Å². The zero-order valence-electron chi connectivity index (χ0n) is 14.3. The first-order valence-electron chi connectivity index (χ1n) is 8.28. The van der Waals surface area contributed by atoms with Gasteiger partial charge in [0, 0.05) is 0 Å². The van der Waals surface area contributed by atoms with E-state index in [-0.39, 0.29) is 18.6 Å². The van der Waals surface area contributed by atoms with E-state index in [9.17, 15) is 9.59 Å². The molecule has 5 heteroatoms. The molecule has 0 spiro atoms. The second-order valence-corrected chi connectivity index (χ2v) is 6.12. The van der Waals surface area contributed by atoms with Crippen LogP contribution < -0.4 is 4.74 Å². The van der Waals surface area contributed by atoms with E-state index in [0.717, 1.165) is 16.9 Å². The SMILES string of the molecule is COc1ccc([C@H](C)C(=O)N2C(=O)OC[C@@H]2Cc2ccccc2)cc1. The van der Waals surface area contributed by atoms with Crippen molar-refractivity contribution in [3.63, 3.8) is 0 Å². The highest BCUT2D eigenvalue weighted by molar-refractivity contribution is 5.97. The lowest BCUT2D eigenvalue weighted by Gasteiger charge is -2.23. The predicted octanol–water partition coefficient (Wildman–Crippen LogP) is 3.39. The highest BCUT2D eigenvalue weighted by Gasteiger charge is 2.39. The largest absolute Gasteiger partial charge is 0.497 e. The van der Waals surface area contributed by atoms with E-state index in [1.165, 1.54) is 4.90 Å². The van der Waals surface area contributed by atoms with Crippen LogP contribution in [-0.2, 0) is 16.0 Å². The molecule has 1 aliphatic rings. The number of carbonyl (C=O) groups is 2. The number of hydrogen-bond acceptors (Lipinski definition) is 4. The number of imide groups is 1. The molecule has 0 N–H and O–H groups in total. The predicted molar refractivity (Wildman–Crippen MR) is 93.5 cm³/mol. The van der Waals surface area contributed by atoms with Crippen LogP contribution in [0.4, 0.5) is 4.79 Å². The molecule has 3 rings (SSSR count). The van der Waals surface area contributed by atoms with Gasteiger partial charge in [-0.05, 0) is 36.6 Å². The quantitative estimate of drug-likeness (QED) is 0.838. The van der Waals surface area contributed by atoms with Crippen LogP contribution in [0.1, 0.15) is 24.0 Å². The average molecular weight is 339 g/mol. The summed E-state index contributed by atoms with van der Waals surface area (Å²) >= 11 is 0. The number of rotatable bonds is 5. The third-order valence-electron chi connectivity index (χ3n) is 4.50. The number of amides is 2. The molecule has 1 heterocycles. The van der Waals surface area contributed by atoms with Crippen LogP contribution in [0.2, 0.25) is 0 Å². The lowest BCUT2D eigenvalue weighted by molar-refractivity contribution is -0.130. The Kier molecular flexibility index (Phi) is 5.03. The van der Waals surface area contributed by atoms with E-state index in [4.69, 9.17) is 9.47 Å². The maximum atomic E-state index is 12.9. The normalized spacial score (nSPS) is 17.9. The molecule has 0 aliphatic carbocycles. The van der Waals surface area contributed by atoms with Crippen molar-refractivity contribution in [2.45, 2.75) is 25.3 Å². The number of hydrogen-bond donors (Lipinski definition) is 0. The van der Waals surface area contributed by atoms with Gasteiger partial charge < -0.3 is 9.47 Å². The molecule has 2 amide bonds. The molecule has 2 aromatic rings. The fraction of sp³-hybridized carbons (Fsp3) is 0.300. The van der Waals surface area contributed by atoms with E-state index in [0.29, 0.717) is 6.42 Å². The topological polar surface area (TPSA) is 55.8 Å². The first-order valence-corrected chi connectivity index (χ1v) is 8.28. The van der Waals surface area contributed by atoms with Gasteiger partial charge in [0.25, 0.3) is 0 Å². The Morgan fingerprint density at radius 1 is 1.20 bits per heavy atom. The van der Waals surface area contributed by atoms with E-state index >= 15 is 0 Å². The van der Waals surface area contributed by atoms with Crippen LogP contribution in [0.3, 0.4) is 0 Å². The van der Waals surface area contributed by atoms with Crippen molar-refractivity contribution >= 4 is 12.0 Å². The maximum Gasteiger partial charge on any atom is 0.417 e. The molecule has 0 unspecified atom stereocenters. The fourth-order valence-corrected chi connectivity index (χ4v) is 3.01. The van der Waals surface area contributed by atoms with Gasteiger partial charge in [-0.1, -0.05) is 42.5 Å². The Morgan fingerprint density at radius 3 is 2.52 bits per heavy atom. The van der Waals surface area contributed by atoms with E-state index in [1.54, 1.807) is 14.0 Å². The minimum Gasteiger partial charge on any atom is -0.497 e. The monoisotopic (exact) mass is 339 g/mol. The van der Waals surface area contributed by atoms with Crippen molar-refractivity contribution < 1.29 is 19.1 Å². The molecule has 0 saturated carbocycles. The zero-order valence-corrected chi connectivity index (χ0v) is 14.3. The van der Waals surface area contributed by atoms with Crippen molar-refractivity contribution in [3.05, 3.63) is 65.7 Å². The van der Waals surface area contributed by atoms with Crippen molar-refractivity contribution in [1.82, 2.24) is 4.90 Å². The Morgan fingerprint density at radius 2 is 1.88 bits per heavy atom. The van der Waals surface area contributed by atoms with E-state index in [1.807, 2.05) is 54.6 Å². The van der Waals surface area contributed by atoms with Gasteiger partial charge in [-0.2, -0.15) is 0 Å². The second-order valence-electron chi connectivity index (χ2n) is 6.12.